The molecule has 2 heterocycles. The number of hydrogen-bond acceptors (Lipinski definition) is 4. The summed E-state index contributed by atoms with van der Waals surface area (Å²) in [7, 11) is 0. The van der Waals surface area contributed by atoms with Gasteiger partial charge in [0, 0.05) is 13.1 Å². The van der Waals surface area contributed by atoms with Crippen LogP contribution in [0.2, 0.25) is 0 Å². The summed E-state index contributed by atoms with van der Waals surface area (Å²) in [4.78, 5) is 6.28. The maximum Gasteiger partial charge on any atom is 0.0931 e. The topological polar surface area (TPSA) is 56.6 Å². The highest BCUT2D eigenvalue weighted by Gasteiger charge is 2.20. The highest BCUT2D eigenvalue weighted by molar-refractivity contribution is 5.45. The van der Waals surface area contributed by atoms with E-state index in [0.29, 0.717) is 12.2 Å². The van der Waals surface area contributed by atoms with Crippen molar-refractivity contribution in [3.8, 4) is 0 Å². The molecule has 1 aromatic heterocycles. The lowest BCUT2D eigenvalue weighted by Crippen LogP contribution is -2.21. The number of aliphatic hydroxyl groups is 2. The van der Waals surface area contributed by atoms with Crippen LogP contribution in [0.5, 0.6) is 0 Å². The van der Waals surface area contributed by atoms with E-state index in [-0.39, 0.29) is 6.10 Å². The van der Waals surface area contributed by atoms with Gasteiger partial charge in [-0.1, -0.05) is 0 Å². The second kappa shape index (κ2) is 4.16. The molecule has 0 aromatic carbocycles. The van der Waals surface area contributed by atoms with E-state index in [1.807, 2.05) is 12.1 Å². The second-order valence-electron chi connectivity index (χ2n) is 4.01. The van der Waals surface area contributed by atoms with Crippen molar-refractivity contribution in [2.45, 2.75) is 25.6 Å². The molecule has 0 amide bonds. The van der Waals surface area contributed by atoms with Crippen molar-refractivity contribution < 1.29 is 10.2 Å². The number of hydrogen-bond donors (Lipinski definition) is 2. The molecule has 15 heavy (non-hydrogen) atoms. The van der Waals surface area contributed by atoms with Crippen molar-refractivity contribution in [1.29, 1.82) is 0 Å². The van der Waals surface area contributed by atoms with E-state index in [9.17, 15) is 10.2 Å². The fraction of sp³-hybridized carbons (Fsp3) is 0.545. The number of β-amino-alcohol motifs (C(OH)–C–C–N with tert-alkyl or cyclic N) is 1. The molecule has 0 bridgehead atoms. The summed E-state index contributed by atoms with van der Waals surface area (Å²) in [5.41, 5.74) is 1.69. The third kappa shape index (κ3) is 2.27. The minimum absolute atomic E-state index is 0.221. The van der Waals surface area contributed by atoms with Gasteiger partial charge >= 0.3 is 0 Å². The lowest BCUT2D eigenvalue weighted by Gasteiger charge is -2.17. The largest absolute Gasteiger partial charge is 0.391 e. The maximum absolute atomic E-state index is 9.40. The molecule has 1 aliphatic rings. The van der Waals surface area contributed by atoms with Crippen molar-refractivity contribution in [1.82, 2.24) is 4.98 Å². The SMILES string of the molecule is C[C@H](O)c1ccc(N2CCC(O)C2)cn1. The van der Waals surface area contributed by atoms with Gasteiger partial charge in [-0.05, 0) is 25.5 Å². The Hall–Kier alpha value is -1.13. The smallest absolute Gasteiger partial charge is 0.0931 e. The minimum Gasteiger partial charge on any atom is -0.391 e. The molecule has 1 saturated heterocycles. The molecule has 0 spiro atoms. The molecule has 82 valence electrons. The first-order chi connectivity index (χ1) is 7.16. The van der Waals surface area contributed by atoms with Crippen molar-refractivity contribution in [3.63, 3.8) is 0 Å². The van der Waals surface area contributed by atoms with E-state index in [0.717, 1.165) is 18.7 Å². The molecule has 1 aliphatic heterocycles. The van der Waals surface area contributed by atoms with E-state index >= 15 is 0 Å². The van der Waals surface area contributed by atoms with E-state index in [4.69, 9.17) is 0 Å². The van der Waals surface area contributed by atoms with Crippen LogP contribution < -0.4 is 4.90 Å². The Morgan fingerprint density at radius 2 is 2.33 bits per heavy atom. The molecular weight excluding hydrogens is 192 g/mol. The van der Waals surface area contributed by atoms with Gasteiger partial charge in [0.2, 0.25) is 0 Å². The van der Waals surface area contributed by atoms with Gasteiger partial charge in [0.15, 0.2) is 0 Å². The maximum atomic E-state index is 9.40. The van der Waals surface area contributed by atoms with Gasteiger partial charge in [0.25, 0.3) is 0 Å². The summed E-state index contributed by atoms with van der Waals surface area (Å²) in [5, 5.41) is 18.7. The van der Waals surface area contributed by atoms with Gasteiger partial charge in [-0.15, -0.1) is 0 Å². The van der Waals surface area contributed by atoms with Crippen LogP contribution in [0.25, 0.3) is 0 Å². The predicted octanol–water partition coefficient (Wildman–Crippen LogP) is 0.706. The summed E-state index contributed by atoms with van der Waals surface area (Å²) < 4.78 is 0. The number of rotatable bonds is 2. The third-order valence-corrected chi connectivity index (χ3v) is 2.73. The van der Waals surface area contributed by atoms with Crippen LogP contribution in [0.3, 0.4) is 0 Å². The van der Waals surface area contributed by atoms with Crippen molar-refractivity contribution in [3.05, 3.63) is 24.0 Å². The lowest BCUT2D eigenvalue weighted by molar-refractivity contribution is 0.194. The molecule has 0 radical (unpaired) electrons. The van der Waals surface area contributed by atoms with Crippen LogP contribution in [-0.2, 0) is 0 Å². The molecule has 0 aliphatic carbocycles. The zero-order valence-corrected chi connectivity index (χ0v) is 8.80. The average Bonchev–Trinajstić information content (AvgIpc) is 2.65. The standard InChI is InChI=1S/C11H16N2O2/c1-8(14)11-3-2-9(6-12-11)13-5-4-10(15)7-13/h2-3,6,8,10,14-15H,4-5,7H2,1H3/t8-,10?/m0/s1. The van der Waals surface area contributed by atoms with Gasteiger partial charge < -0.3 is 15.1 Å². The fourth-order valence-corrected chi connectivity index (χ4v) is 1.81. The number of nitrogens with zero attached hydrogens (tertiary/aromatic N) is 2. The number of aromatic nitrogens is 1. The molecular formula is C11H16N2O2. The van der Waals surface area contributed by atoms with Crippen LogP contribution in [0.1, 0.15) is 25.1 Å². The third-order valence-electron chi connectivity index (χ3n) is 2.73. The summed E-state index contributed by atoms with van der Waals surface area (Å²) in [6.45, 7) is 3.24. The van der Waals surface area contributed by atoms with Crippen LogP contribution in [0.4, 0.5) is 5.69 Å². The van der Waals surface area contributed by atoms with E-state index < -0.39 is 6.10 Å². The van der Waals surface area contributed by atoms with Crippen molar-refractivity contribution in [2.75, 3.05) is 18.0 Å². The minimum atomic E-state index is -0.525. The Kier molecular flexibility index (Phi) is 2.88. The van der Waals surface area contributed by atoms with E-state index in [1.54, 1.807) is 13.1 Å². The van der Waals surface area contributed by atoms with Crippen LogP contribution in [0.15, 0.2) is 18.3 Å². The summed E-state index contributed by atoms with van der Waals surface area (Å²) in [6.07, 6.45) is 1.82. The predicted molar refractivity (Wildman–Crippen MR) is 57.7 cm³/mol. The van der Waals surface area contributed by atoms with Gasteiger partial charge in [-0.25, -0.2) is 0 Å². The summed E-state index contributed by atoms with van der Waals surface area (Å²) in [5.74, 6) is 0. The Bertz CT molecular complexity index is 324. The average molecular weight is 208 g/mol. The monoisotopic (exact) mass is 208 g/mol. The normalized spacial score (nSPS) is 23.1. The molecule has 1 fully saturated rings. The molecule has 2 N–H and O–H groups in total. The highest BCUT2D eigenvalue weighted by Crippen LogP contribution is 2.20. The molecule has 4 nitrogen and oxygen atoms in total. The first kappa shape index (κ1) is 10.4. The van der Waals surface area contributed by atoms with Crippen molar-refractivity contribution >= 4 is 5.69 Å². The molecule has 2 atom stereocenters. The van der Waals surface area contributed by atoms with Gasteiger partial charge in [-0.3, -0.25) is 4.98 Å². The number of anilines is 1. The number of pyridine rings is 1. The fourth-order valence-electron chi connectivity index (χ4n) is 1.81. The first-order valence-corrected chi connectivity index (χ1v) is 5.24. The highest BCUT2D eigenvalue weighted by atomic mass is 16.3. The van der Waals surface area contributed by atoms with Crippen molar-refractivity contribution in [2.24, 2.45) is 0 Å². The van der Waals surface area contributed by atoms with E-state index in [1.165, 1.54) is 0 Å². The van der Waals surface area contributed by atoms with Gasteiger partial charge in [0.05, 0.1) is 29.8 Å². The van der Waals surface area contributed by atoms with Crippen LogP contribution >= 0.6 is 0 Å². The first-order valence-electron chi connectivity index (χ1n) is 5.24. The van der Waals surface area contributed by atoms with Gasteiger partial charge in [-0.2, -0.15) is 0 Å². The number of aliphatic hydroxyl groups excluding tert-OH is 2. The Balaban J connectivity index is 2.10. The van der Waals surface area contributed by atoms with Crippen LogP contribution in [-0.4, -0.2) is 34.4 Å². The van der Waals surface area contributed by atoms with Crippen LogP contribution in [0, 0.1) is 0 Å². The zero-order chi connectivity index (χ0) is 10.8. The molecule has 2 rings (SSSR count). The lowest BCUT2D eigenvalue weighted by atomic mass is 10.2. The second-order valence-corrected chi connectivity index (χ2v) is 4.01. The molecule has 1 unspecified atom stereocenters. The summed E-state index contributed by atoms with van der Waals surface area (Å²) in [6, 6.07) is 3.76. The molecule has 0 saturated carbocycles. The molecule has 4 heteroatoms. The van der Waals surface area contributed by atoms with Gasteiger partial charge in [0.1, 0.15) is 0 Å². The zero-order valence-electron chi connectivity index (χ0n) is 8.80. The quantitative estimate of drug-likeness (QED) is 0.751. The molecule has 1 aromatic rings. The summed E-state index contributed by atoms with van der Waals surface area (Å²) >= 11 is 0. The Morgan fingerprint density at radius 1 is 1.53 bits per heavy atom. The Morgan fingerprint density at radius 3 is 2.80 bits per heavy atom. The Labute approximate surface area is 89.2 Å². The van der Waals surface area contributed by atoms with E-state index in [2.05, 4.69) is 9.88 Å².